The van der Waals surface area contributed by atoms with Crippen LogP contribution in [0.25, 0.3) is 0 Å². The first-order valence-corrected chi connectivity index (χ1v) is 5.40. The molecule has 0 radical (unpaired) electrons. The van der Waals surface area contributed by atoms with Crippen LogP contribution < -0.4 is 0 Å². The Kier molecular flexibility index (Phi) is 4.05. The van der Waals surface area contributed by atoms with E-state index in [1.807, 2.05) is 6.08 Å². The Balaban J connectivity index is 2.56. The quantitative estimate of drug-likeness (QED) is 0.674. The fourth-order valence-electron chi connectivity index (χ4n) is 1.95. The van der Waals surface area contributed by atoms with Crippen LogP contribution in [0.4, 0.5) is 0 Å². The first kappa shape index (κ1) is 11.2. The number of rotatable bonds is 5. The van der Waals surface area contributed by atoms with E-state index in [0.717, 1.165) is 31.3 Å². The number of hydrogen-bond donors (Lipinski definition) is 0. The monoisotopic (exact) mass is 194 g/mol. The van der Waals surface area contributed by atoms with Gasteiger partial charge < -0.3 is 0 Å². The van der Waals surface area contributed by atoms with E-state index in [0.29, 0.717) is 6.42 Å². The molecule has 0 aliphatic heterocycles. The van der Waals surface area contributed by atoms with E-state index in [9.17, 15) is 9.59 Å². The Labute approximate surface area is 85.4 Å². The van der Waals surface area contributed by atoms with E-state index in [1.54, 1.807) is 6.92 Å². The Bertz CT molecular complexity index is 263. The highest BCUT2D eigenvalue weighted by Crippen LogP contribution is 2.28. The largest absolute Gasteiger partial charge is 0.299 e. The lowest BCUT2D eigenvalue weighted by molar-refractivity contribution is -0.124. The molecule has 1 rings (SSSR count). The van der Waals surface area contributed by atoms with Crippen LogP contribution in [0.2, 0.25) is 0 Å². The number of unbranched alkanes of at least 4 members (excludes halogenated alkanes) is 1. The Morgan fingerprint density at radius 2 is 2.21 bits per heavy atom. The molecule has 14 heavy (non-hydrogen) atoms. The van der Waals surface area contributed by atoms with Crippen molar-refractivity contribution in [2.24, 2.45) is 5.92 Å². The first-order chi connectivity index (χ1) is 6.66. The molecule has 0 aromatic heterocycles. The molecule has 1 unspecified atom stereocenters. The van der Waals surface area contributed by atoms with Crippen molar-refractivity contribution < 1.29 is 9.59 Å². The second kappa shape index (κ2) is 5.08. The van der Waals surface area contributed by atoms with E-state index in [4.69, 9.17) is 0 Å². The minimum Gasteiger partial charge on any atom is -0.299 e. The van der Waals surface area contributed by atoms with Gasteiger partial charge in [-0.15, -0.1) is 0 Å². The number of allylic oxidation sites excluding steroid dienone is 2. The lowest BCUT2D eigenvalue weighted by Crippen LogP contribution is -2.17. The molecule has 1 atom stereocenters. The topological polar surface area (TPSA) is 34.1 Å². The number of carbonyl (C=O) groups excluding carboxylic acids is 2. The van der Waals surface area contributed by atoms with Gasteiger partial charge in [-0.2, -0.15) is 0 Å². The summed E-state index contributed by atoms with van der Waals surface area (Å²) in [6.07, 6.45) is 6.27. The number of Topliss-reactive ketones (excluding diaryl/α,β-unsaturated/α-hetero) is 2. The second-order valence-electron chi connectivity index (χ2n) is 3.92. The van der Waals surface area contributed by atoms with Gasteiger partial charge in [-0.05, 0) is 26.2 Å². The molecule has 2 nitrogen and oxygen atoms in total. The van der Waals surface area contributed by atoms with Crippen LogP contribution in [-0.4, -0.2) is 11.6 Å². The first-order valence-electron chi connectivity index (χ1n) is 5.40. The fourth-order valence-corrected chi connectivity index (χ4v) is 1.95. The summed E-state index contributed by atoms with van der Waals surface area (Å²) < 4.78 is 0. The van der Waals surface area contributed by atoms with Crippen LogP contribution in [0.1, 0.15) is 46.0 Å². The molecule has 0 fully saturated rings. The van der Waals surface area contributed by atoms with Gasteiger partial charge in [-0.25, -0.2) is 0 Å². The van der Waals surface area contributed by atoms with Crippen LogP contribution in [0.5, 0.6) is 0 Å². The average molecular weight is 194 g/mol. The average Bonchev–Trinajstić information content (AvgIpc) is 2.62. The maximum absolute atomic E-state index is 11.7. The van der Waals surface area contributed by atoms with E-state index < -0.39 is 0 Å². The smallest absolute Gasteiger partial charge is 0.156 e. The summed E-state index contributed by atoms with van der Waals surface area (Å²) >= 11 is 0. The van der Waals surface area contributed by atoms with E-state index in [2.05, 4.69) is 6.92 Å². The third-order valence-electron chi connectivity index (χ3n) is 2.77. The Morgan fingerprint density at radius 3 is 2.79 bits per heavy atom. The van der Waals surface area contributed by atoms with Crippen molar-refractivity contribution in [3.8, 4) is 0 Å². The van der Waals surface area contributed by atoms with Gasteiger partial charge in [0, 0.05) is 17.9 Å². The lowest BCUT2D eigenvalue weighted by Gasteiger charge is -2.10. The van der Waals surface area contributed by atoms with E-state index >= 15 is 0 Å². The molecule has 78 valence electrons. The summed E-state index contributed by atoms with van der Waals surface area (Å²) in [4.78, 5) is 22.9. The van der Waals surface area contributed by atoms with Gasteiger partial charge >= 0.3 is 0 Å². The molecule has 0 bridgehead atoms. The van der Waals surface area contributed by atoms with Crippen LogP contribution >= 0.6 is 0 Å². The zero-order valence-corrected chi connectivity index (χ0v) is 9.01. The van der Waals surface area contributed by atoms with Crippen molar-refractivity contribution >= 4 is 11.6 Å². The second-order valence-corrected chi connectivity index (χ2v) is 3.92. The maximum atomic E-state index is 11.7. The molecule has 0 spiro atoms. The normalized spacial score (nSPS) is 20.7. The summed E-state index contributed by atoms with van der Waals surface area (Å²) in [7, 11) is 0. The van der Waals surface area contributed by atoms with Crippen LogP contribution in [-0.2, 0) is 9.59 Å². The molecular weight excluding hydrogens is 176 g/mol. The molecule has 0 aromatic carbocycles. The molecule has 1 aliphatic rings. The van der Waals surface area contributed by atoms with Crippen molar-refractivity contribution in [3.63, 3.8) is 0 Å². The van der Waals surface area contributed by atoms with Gasteiger partial charge in [-0.1, -0.05) is 19.4 Å². The van der Waals surface area contributed by atoms with Gasteiger partial charge in [-0.3, -0.25) is 9.59 Å². The summed E-state index contributed by atoms with van der Waals surface area (Å²) in [5.41, 5.74) is 0.756. The minimum atomic E-state index is -0.0842. The highest BCUT2D eigenvalue weighted by atomic mass is 16.1. The van der Waals surface area contributed by atoms with Crippen molar-refractivity contribution in [2.45, 2.75) is 46.0 Å². The third kappa shape index (κ3) is 2.53. The van der Waals surface area contributed by atoms with Gasteiger partial charge in [0.15, 0.2) is 5.78 Å². The molecule has 0 saturated heterocycles. The number of ketones is 2. The van der Waals surface area contributed by atoms with Gasteiger partial charge in [0.05, 0.1) is 0 Å². The minimum absolute atomic E-state index is 0.0670. The maximum Gasteiger partial charge on any atom is 0.156 e. The molecule has 0 aromatic rings. The van der Waals surface area contributed by atoms with Crippen molar-refractivity contribution in [2.75, 3.05) is 0 Å². The molecular formula is C12H18O2. The number of hydrogen-bond acceptors (Lipinski definition) is 2. The van der Waals surface area contributed by atoms with Crippen LogP contribution in [0, 0.1) is 5.92 Å². The lowest BCUT2D eigenvalue weighted by atomic mass is 9.91. The van der Waals surface area contributed by atoms with Crippen molar-refractivity contribution in [1.82, 2.24) is 0 Å². The van der Waals surface area contributed by atoms with Crippen LogP contribution in [0.3, 0.4) is 0 Å². The van der Waals surface area contributed by atoms with Gasteiger partial charge in [0.1, 0.15) is 5.78 Å². The van der Waals surface area contributed by atoms with Crippen molar-refractivity contribution in [3.05, 3.63) is 11.6 Å². The van der Waals surface area contributed by atoms with E-state index in [1.165, 1.54) is 0 Å². The predicted octanol–water partition coefficient (Wildman–Crippen LogP) is 2.67. The van der Waals surface area contributed by atoms with Gasteiger partial charge in [0.2, 0.25) is 0 Å². The summed E-state index contributed by atoms with van der Waals surface area (Å²) in [6, 6.07) is 0. The van der Waals surface area contributed by atoms with Crippen LogP contribution in [0.15, 0.2) is 11.6 Å². The molecule has 0 heterocycles. The highest BCUT2D eigenvalue weighted by molar-refractivity contribution is 6.01. The summed E-state index contributed by atoms with van der Waals surface area (Å²) in [5.74, 6) is 0.238. The third-order valence-corrected chi connectivity index (χ3v) is 2.77. The molecule has 2 heteroatoms. The highest BCUT2D eigenvalue weighted by Gasteiger charge is 2.27. The summed E-state index contributed by atoms with van der Waals surface area (Å²) in [6.45, 7) is 3.63. The molecule has 1 aliphatic carbocycles. The predicted molar refractivity (Wildman–Crippen MR) is 56.0 cm³/mol. The van der Waals surface area contributed by atoms with Crippen molar-refractivity contribution in [1.29, 1.82) is 0 Å². The zero-order valence-electron chi connectivity index (χ0n) is 9.01. The standard InChI is InChI=1S/C12H18O2/c1-3-4-8-12(14)11-7-5-6-10(11)9(2)13/h6,11H,3-5,7-8H2,1-2H3. The Morgan fingerprint density at radius 1 is 1.50 bits per heavy atom. The fraction of sp³-hybridized carbons (Fsp3) is 0.667. The zero-order chi connectivity index (χ0) is 10.6. The summed E-state index contributed by atoms with van der Waals surface area (Å²) in [5, 5.41) is 0. The number of carbonyl (C=O) groups is 2. The molecule has 0 saturated carbocycles. The molecule has 0 amide bonds. The van der Waals surface area contributed by atoms with E-state index in [-0.39, 0.29) is 17.5 Å². The Hall–Kier alpha value is -0.920. The van der Waals surface area contributed by atoms with Gasteiger partial charge in [0.25, 0.3) is 0 Å². The molecule has 0 N–H and O–H groups in total. The SMILES string of the molecule is CCCCC(=O)C1CCC=C1C(C)=O.